The maximum Gasteiger partial charge on any atom is 0.156 e. The highest BCUT2D eigenvalue weighted by molar-refractivity contribution is 7.91. The molecule has 19 heavy (non-hydrogen) atoms. The van der Waals surface area contributed by atoms with Crippen LogP contribution in [0, 0.1) is 0 Å². The summed E-state index contributed by atoms with van der Waals surface area (Å²) in [5.74, 6) is 0. The van der Waals surface area contributed by atoms with Crippen molar-refractivity contribution in [1.29, 1.82) is 0 Å². The van der Waals surface area contributed by atoms with Gasteiger partial charge in [-0.25, -0.2) is 8.42 Å². The van der Waals surface area contributed by atoms with Gasteiger partial charge in [0.2, 0.25) is 0 Å². The third-order valence-electron chi connectivity index (χ3n) is 4.74. The average Bonchev–Trinajstić information content (AvgIpc) is 3.08. The van der Waals surface area contributed by atoms with Crippen molar-refractivity contribution in [3.63, 3.8) is 0 Å². The monoisotopic (exact) mass is 281 g/mol. The molecule has 4 heteroatoms. The summed E-state index contributed by atoms with van der Waals surface area (Å²) in [5, 5.41) is 0. The second-order valence-electron chi connectivity index (χ2n) is 6.30. The molecule has 3 nitrogen and oxygen atoms in total. The van der Waals surface area contributed by atoms with Crippen LogP contribution in [0.1, 0.15) is 44.7 Å². The zero-order valence-corrected chi connectivity index (χ0v) is 12.9. The van der Waals surface area contributed by atoms with Crippen LogP contribution in [0.15, 0.2) is 24.3 Å². The van der Waals surface area contributed by atoms with Crippen molar-refractivity contribution >= 4 is 9.84 Å². The van der Waals surface area contributed by atoms with Crippen molar-refractivity contribution < 1.29 is 8.42 Å². The van der Waals surface area contributed by atoms with Crippen LogP contribution < -0.4 is 5.73 Å². The first-order chi connectivity index (χ1) is 8.61. The Morgan fingerprint density at radius 3 is 2.00 bits per heavy atom. The largest absolute Gasteiger partial charge is 0.327 e. The molecule has 2 rings (SSSR count). The molecule has 1 unspecified atom stereocenters. The third kappa shape index (κ3) is 2.32. The Hall–Kier alpha value is -0.870. The molecule has 1 aromatic rings. The second-order valence-corrected chi connectivity index (χ2v) is 8.87. The SMILES string of the molecule is CC(N)C1(c2ccc(C(C)(C)S(C)(=O)=O)cc2)CC1. The standard InChI is InChI=1S/C15H23NO2S/c1-11(16)15(9-10-15)13-7-5-12(6-8-13)14(2,3)19(4,17)18/h5-8,11H,9-10,16H2,1-4H3. The van der Waals surface area contributed by atoms with Gasteiger partial charge in [-0.15, -0.1) is 0 Å². The van der Waals surface area contributed by atoms with Crippen molar-refractivity contribution in [2.75, 3.05) is 6.26 Å². The maximum atomic E-state index is 11.8. The summed E-state index contributed by atoms with van der Waals surface area (Å²) in [5.41, 5.74) is 8.25. The summed E-state index contributed by atoms with van der Waals surface area (Å²) in [6.45, 7) is 5.53. The number of hydrogen-bond donors (Lipinski definition) is 1. The first-order valence-electron chi connectivity index (χ1n) is 6.67. The summed E-state index contributed by atoms with van der Waals surface area (Å²) in [4.78, 5) is 0. The Bertz CT molecular complexity index is 567. The van der Waals surface area contributed by atoms with Crippen molar-refractivity contribution in [2.45, 2.75) is 49.8 Å². The Labute approximate surface area is 116 Å². The van der Waals surface area contributed by atoms with Gasteiger partial charge in [0, 0.05) is 17.7 Å². The number of sulfone groups is 1. The molecule has 0 spiro atoms. The van der Waals surface area contributed by atoms with Crippen LogP contribution in [0.3, 0.4) is 0 Å². The van der Waals surface area contributed by atoms with E-state index in [4.69, 9.17) is 5.73 Å². The molecule has 106 valence electrons. The molecule has 2 N–H and O–H groups in total. The molecular weight excluding hydrogens is 258 g/mol. The van der Waals surface area contributed by atoms with Crippen LogP contribution in [0.5, 0.6) is 0 Å². The van der Waals surface area contributed by atoms with Crippen molar-refractivity contribution in [3.8, 4) is 0 Å². The van der Waals surface area contributed by atoms with E-state index in [2.05, 4.69) is 0 Å². The Kier molecular flexibility index (Phi) is 3.30. The molecule has 0 radical (unpaired) electrons. The molecular formula is C15H23NO2S. The van der Waals surface area contributed by atoms with Crippen LogP contribution in [0.4, 0.5) is 0 Å². The van der Waals surface area contributed by atoms with E-state index in [1.54, 1.807) is 13.8 Å². The summed E-state index contributed by atoms with van der Waals surface area (Å²) >= 11 is 0. The quantitative estimate of drug-likeness (QED) is 0.921. The van der Waals surface area contributed by atoms with E-state index in [0.29, 0.717) is 0 Å². The number of benzene rings is 1. The van der Waals surface area contributed by atoms with E-state index in [-0.39, 0.29) is 11.5 Å². The summed E-state index contributed by atoms with van der Waals surface area (Å²) in [6.07, 6.45) is 3.53. The smallest absolute Gasteiger partial charge is 0.156 e. The van der Waals surface area contributed by atoms with Gasteiger partial charge in [-0.1, -0.05) is 24.3 Å². The van der Waals surface area contributed by atoms with Crippen LogP contribution in [-0.4, -0.2) is 20.7 Å². The predicted octanol–water partition coefficient (Wildman–Crippen LogP) is 2.35. The summed E-state index contributed by atoms with van der Waals surface area (Å²) in [6, 6.07) is 8.08. The van der Waals surface area contributed by atoms with Gasteiger partial charge in [-0.3, -0.25) is 0 Å². The molecule has 0 aliphatic heterocycles. The van der Waals surface area contributed by atoms with Crippen LogP contribution in [0.2, 0.25) is 0 Å². The Morgan fingerprint density at radius 2 is 1.68 bits per heavy atom. The lowest BCUT2D eigenvalue weighted by Crippen LogP contribution is -2.32. The van der Waals surface area contributed by atoms with E-state index >= 15 is 0 Å². The molecule has 1 saturated carbocycles. The van der Waals surface area contributed by atoms with E-state index in [1.807, 2.05) is 31.2 Å². The summed E-state index contributed by atoms with van der Waals surface area (Å²) in [7, 11) is -3.13. The van der Waals surface area contributed by atoms with E-state index in [0.717, 1.165) is 18.4 Å². The zero-order chi connectivity index (χ0) is 14.5. The lowest BCUT2D eigenvalue weighted by Gasteiger charge is -2.25. The normalized spacial score (nSPS) is 20.1. The molecule has 1 atom stereocenters. The van der Waals surface area contributed by atoms with Crippen molar-refractivity contribution in [2.24, 2.45) is 5.73 Å². The van der Waals surface area contributed by atoms with Gasteiger partial charge in [0.1, 0.15) is 0 Å². The van der Waals surface area contributed by atoms with Crippen LogP contribution in [-0.2, 0) is 20.0 Å². The lowest BCUT2D eigenvalue weighted by atomic mass is 9.88. The summed E-state index contributed by atoms with van der Waals surface area (Å²) < 4.78 is 22.8. The Balaban J connectivity index is 2.35. The molecule has 0 bridgehead atoms. The van der Waals surface area contributed by atoms with E-state index in [1.165, 1.54) is 11.8 Å². The van der Waals surface area contributed by atoms with Crippen molar-refractivity contribution in [3.05, 3.63) is 35.4 Å². The fraction of sp³-hybridized carbons (Fsp3) is 0.600. The number of nitrogens with two attached hydrogens (primary N) is 1. The van der Waals surface area contributed by atoms with Gasteiger partial charge in [-0.2, -0.15) is 0 Å². The first-order valence-corrected chi connectivity index (χ1v) is 8.56. The molecule has 0 heterocycles. The van der Waals surface area contributed by atoms with Gasteiger partial charge in [-0.05, 0) is 44.7 Å². The zero-order valence-electron chi connectivity index (χ0n) is 12.1. The second kappa shape index (κ2) is 4.32. The Morgan fingerprint density at radius 1 is 1.21 bits per heavy atom. The van der Waals surface area contributed by atoms with E-state index in [9.17, 15) is 8.42 Å². The average molecular weight is 281 g/mol. The molecule has 1 aliphatic carbocycles. The van der Waals surface area contributed by atoms with Gasteiger partial charge in [0.15, 0.2) is 9.84 Å². The number of hydrogen-bond acceptors (Lipinski definition) is 3. The molecule has 0 saturated heterocycles. The third-order valence-corrected chi connectivity index (χ3v) is 6.83. The topological polar surface area (TPSA) is 60.2 Å². The molecule has 1 aromatic carbocycles. The maximum absolute atomic E-state index is 11.8. The van der Waals surface area contributed by atoms with Gasteiger partial charge in [0.25, 0.3) is 0 Å². The fourth-order valence-corrected chi connectivity index (χ4v) is 3.12. The van der Waals surface area contributed by atoms with Gasteiger partial charge in [0.05, 0.1) is 4.75 Å². The van der Waals surface area contributed by atoms with Gasteiger partial charge < -0.3 is 5.73 Å². The fourth-order valence-electron chi connectivity index (χ4n) is 2.56. The van der Waals surface area contributed by atoms with Crippen molar-refractivity contribution in [1.82, 2.24) is 0 Å². The highest BCUT2D eigenvalue weighted by atomic mass is 32.2. The molecule has 0 amide bonds. The van der Waals surface area contributed by atoms with Gasteiger partial charge >= 0.3 is 0 Å². The highest BCUT2D eigenvalue weighted by Crippen LogP contribution is 2.50. The molecule has 1 fully saturated rings. The molecule has 0 aromatic heterocycles. The van der Waals surface area contributed by atoms with Crippen LogP contribution >= 0.6 is 0 Å². The van der Waals surface area contributed by atoms with Crippen LogP contribution in [0.25, 0.3) is 0 Å². The minimum absolute atomic E-state index is 0.119. The number of rotatable bonds is 4. The van der Waals surface area contributed by atoms with E-state index < -0.39 is 14.6 Å². The molecule has 1 aliphatic rings. The first kappa shape index (κ1) is 14.5. The highest BCUT2D eigenvalue weighted by Gasteiger charge is 2.47. The predicted molar refractivity (Wildman–Crippen MR) is 78.9 cm³/mol. The minimum atomic E-state index is -3.13. The minimum Gasteiger partial charge on any atom is -0.327 e. The lowest BCUT2D eigenvalue weighted by molar-refractivity contribution is 0.553.